The van der Waals surface area contributed by atoms with Gasteiger partial charge in [-0.25, -0.2) is 12.2 Å². The van der Waals surface area contributed by atoms with Crippen molar-refractivity contribution in [3.05, 3.63) is 41.5 Å². The Bertz CT molecular complexity index is 313. The third-order valence-corrected chi connectivity index (χ3v) is 5.18. The van der Waals surface area contributed by atoms with E-state index in [2.05, 4.69) is 52.6 Å². The molecule has 0 saturated heterocycles. The summed E-state index contributed by atoms with van der Waals surface area (Å²) >= 11 is 0. The van der Waals surface area contributed by atoms with E-state index in [-0.39, 0.29) is 27.4 Å². The molecule has 0 heterocycles. The van der Waals surface area contributed by atoms with E-state index in [0.717, 1.165) is 25.7 Å². The number of hydrogen-bond acceptors (Lipinski definition) is 0. The number of hydrogen-bond donors (Lipinski definition) is 0. The Morgan fingerprint density at radius 3 is 0.973 bits per heavy atom. The van der Waals surface area contributed by atoms with Crippen LogP contribution in [0.15, 0.2) is 18.2 Å². The molecular weight excluding hydrogens is 505 g/mol. The van der Waals surface area contributed by atoms with Gasteiger partial charge in [0.1, 0.15) is 0 Å². The van der Waals surface area contributed by atoms with Gasteiger partial charge in [-0.05, 0) is 0 Å². The van der Waals surface area contributed by atoms with Crippen LogP contribution in [0.25, 0.3) is 17.2 Å². The van der Waals surface area contributed by atoms with Gasteiger partial charge in [-0.15, -0.1) is 6.42 Å². The molecule has 0 aromatic heterocycles. The zero-order valence-corrected chi connectivity index (χ0v) is 28.6. The van der Waals surface area contributed by atoms with Gasteiger partial charge in [0, 0.05) is 8.80 Å². The zero-order chi connectivity index (χ0) is 28.0. The van der Waals surface area contributed by atoms with Gasteiger partial charge >= 0.3 is 18.6 Å². The molecule has 0 atom stereocenters. The molecule has 0 unspecified atom stereocenters. The minimum atomic E-state index is 0. The van der Waals surface area contributed by atoms with Gasteiger partial charge in [-0.1, -0.05) is 156 Å². The third kappa shape index (κ3) is 78.7. The van der Waals surface area contributed by atoms with Crippen molar-refractivity contribution < 1.29 is 18.6 Å². The topological polar surface area (TPSA) is 71.4 Å². The molecule has 3 nitrogen and oxygen atoms in total. The molecule has 1 aliphatic rings. The van der Waals surface area contributed by atoms with E-state index in [1.165, 1.54) is 96.3 Å². The first-order valence-corrected chi connectivity index (χ1v) is 18.4. The van der Waals surface area contributed by atoms with Gasteiger partial charge in [0.25, 0.3) is 0 Å². The van der Waals surface area contributed by atoms with Crippen molar-refractivity contribution in [3.8, 4) is 0 Å². The summed E-state index contributed by atoms with van der Waals surface area (Å²) < 4.78 is 0. The molecule has 0 aliphatic heterocycles. The molecule has 0 spiro atoms. The van der Waals surface area contributed by atoms with Crippen LogP contribution >= 0.6 is 0 Å². The molecule has 2 radical (unpaired) electrons. The monoisotopic (exact) mass is 573 g/mol. The molecule has 0 amide bonds. The van der Waals surface area contributed by atoms with Crippen LogP contribution in [0.1, 0.15) is 143 Å². The van der Waals surface area contributed by atoms with Crippen LogP contribution in [0, 0.1) is 6.08 Å². The molecule has 0 aromatic rings. The quantitative estimate of drug-likeness (QED) is 0.0888. The van der Waals surface area contributed by atoms with Gasteiger partial charge < -0.3 is 17.2 Å². The molecule has 37 heavy (non-hydrogen) atoms. The van der Waals surface area contributed by atoms with Crippen molar-refractivity contribution in [3.63, 3.8) is 0 Å². The second kappa shape index (κ2) is 52.6. The van der Waals surface area contributed by atoms with Crippen LogP contribution in [0.4, 0.5) is 0 Å². The molecule has 0 aromatic carbocycles. The third-order valence-electron chi connectivity index (χ3n) is 5.18. The number of rotatable bonds is 18. The van der Waals surface area contributed by atoms with E-state index < -0.39 is 0 Å². The summed E-state index contributed by atoms with van der Waals surface area (Å²) in [6.07, 6.45) is 33.3. The largest absolute Gasteiger partial charge is 4.00 e. The maximum Gasteiger partial charge on any atom is 4.00 e. The Hall–Kier alpha value is 0.161. The van der Waals surface area contributed by atoms with Crippen molar-refractivity contribution in [1.82, 2.24) is 0 Å². The smallest absolute Gasteiger partial charge is 0.677 e. The Morgan fingerprint density at radius 2 is 0.811 bits per heavy atom. The van der Waals surface area contributed by atoms with E-state index in [1.807, 2.05) is 12.2 Å². The fourth-order valence-electron chi connectivity index (χ4n) is 3.06. The van der Waals surface area contributed by atoms with Crippen molar-refractivity contribution in [2.75, 3.05) is 19.6 Å². The first-order chi connectivity index (χ1) is 17.5. The van der Waals surface area contributed by atoms with E-state index in [0.29, 0.717) is 19.6 Å². The molecule has 3 N–H and O–H groups in total. The first-order valence-electron chi connectivity index (χ1n) is 15.4. The minimum Gasteiger partial charge on any atom is -0.677 e. The molecule has 0 bridgehead atoms. The van der Waals surface area contributed by atoms with Crippen molar-refractivity contribution in [2.24, 2.45) is 0 Å². The van der Waals surface area contributed by atoms with E-state index >= 15 is 0 Å². The summed E-state index contributed by atoms with van der Waals surface area (Å²) in [5.41, 5.74) is 20.6. The summed E-state index contributed by atoms with van der Waals surface area (Å²) in [6.45, 7) is 15.3. The predicted octanol–water partition coefficient (Wildman–Crippen LogP) is 12.9. The minimum absolute atomic E-state index is 0. The Morgan fingerprint density at radius 1 is 0.541 bits per heavy atom. The van der Waals surface area contributed by atoms with Crippen molar-refractivity contribution in [2.45, 2.75) is 162 Å². The fraction of sp³-hybridized carbons (Fsp3) is 0.875. The van der Waals surface area contributed by atoms with E-state index in [1.54, 1.807) is 0 Å². The zero-order valence-electron chi connectivity index (χ0n) is 26.2. The fourth-order valence-corrected chi connectivity index (χ4v) is 3.06. The van der Waals surface area contributed by atoms with Crippen molar-refractivity contribution >= 4 is 8.80 Å². The van der Waals surface area contributed by atoms with Gasteiger partial charge in [0.05, 0.1) is 0 Å². The van der Waals surface area contributed by atoms with Gasteiger partial charge in [0.15, 0.2) is 0 Å². The molecule has 1 aliphatic carbocycles. The van der Waals surface area contributed by atoms with Gasteiger partial charge in [-0.2, -0.15) is 25.7 Å². The molecule has 0 saturated carbocycles. The van der Waals surface area contributed by atoms with E-state index in [4.69, 9.17) is 17.2 Å². The van der Waals surface area contributed by atoms with E-state index in [9.17, 15) is 0 Å². The van der Waals surface area contributed by atoms with Crippen LogP contribution in [0.2, 0.25) is 19.6 Å². The van der Waals surface area contributed by atoms with Crippen LogP contribution in [-0.2, 0) is 18.6 Å². The average molecular weight is 574 g/mol. The van der Waals surface area contributed by atoms with Crippen LogP contribution < -0.4 is 0 Å². The number of unbranched alkanes of at least 4 members (excludes halogenated alkanes) is 15. The second-order valence-corrected chi connectivity index (χ2v) is 13.1. The standard InChI is InChI=1S/3C8H18N.C5H5.C3H9Si.V/c3*1-2-3-4-5-6-7-8-9;1-2-4-5-3-1;1-4(2)3;/h3*9H,2-8H2,1H3;1-3H,4H2;1-3H3;/q4*-1;;+4. The average Bonchev–Trinajstić information content (AvgIpc) is 3.45. The van der Waals surface area contributed by atoms with Crippen LogP contribution in [0.3, 0.4) is 0 Å². The van der Waals surface area contributed by atoms with Crippen LogP contribution in [0.5, 0.6) is 0 Å². The maximum atomic E-state index is 6.88. The summed E-state index contributed by atoms with van der Waals surface area (Å²) in [6, 6.07) is 0. The van der Waals surface area contributed by atoms with Crippen LogP contribution in [-0.4, -0.2) is 28.4 Å². The Labute approximate surface area is 250 Å². The molecule has 220 valence electrons. The molecule has 0 fully saturated rings. The number of nitrogens with one attached hydrogen (secondary N) is 3. The Balaban J connectivity index is -0.000000118. The molecular formula is C32H68N3SiV. The molecule has 5 heteroatoms. The predicted molar refractivity (Wildman–Crippen MR) is 173 cm³/mol. The Kier molecular flexibility index (Phi) is 66.8. The summed E-state index contributed by atoms with van der Waals surface area (Å²) in [4.78, 5) is 0. The molecule has 1 rings (SSSR count). The SMILES string of the molecule is CCCCCCCC[NH-].CCCCCCCC[NH-].CCCCCCCC[NH-].C[Si](C)C.[C-]1=CC=CC1.[V+4]. The summed E-state index contributed by atoms with van der Waals surface area (Å²) in [5.74, 6) is 0. The number of allylic oxidation sites excluding steroid dienone is 4. The summed E-state index contributed by atoms with van der Waals surface area (Å²) in [5, 5.41) is 0. The first kappa shape index (κ1) is 47.0. The maximum absolute atomic E-state index is 6.88. The van der Waals surface area contributed by atoms with Crippen molar-refractivity contribution in [1.29, 1.82) is 0 Å². The second-order valence-electron chi connectivity index (χ2n) is 10.1. The van der Waals surface area contributed by atoms with Gasteiger partial charge in [-0.3, -0.25) is 6.08 Å². The normalized spacial score (nSPS) is 10.6. The summed E-state index contributed by atoms with van der Waals surface area (Å²) in [7, 11) is 0.120. The van der Waals surface area contributed by atoms with Gasteiger partial charge in [0.2, 0.25) is 0 Å².